The zero-order chi connectivity index (χ0) is 19.9. The van der Waals surface area contributed by atoms with Gasteiger partial charge in [0, 0.05) is 43.5 Å². The smallest absolute Gasteiger partial charge is 0.245 e. The second kappa shape index (κ2) is 9.32. The van der Waals surface area contributed by atoms with Gasteiger partial charge in [-0.1, -0.05) is 0 Å². The number of anilines is 3. The molecule has 8 nitrogen and oxygen atoms in total. The molecule has 1 aliphatic rings. The summed E-state index contributed by atoms with van der Waals surface area (Å²) >= 11 is 0. The zero-order valence-electron chi connectivity index (χ0n) is 16.1. The molecule has 1 saturated heterocycles. The Balaban J connectivity index is 1.69. The molecule has 2 heterocycles. The van der Waals surface area contributed by atoms with Crippen LogP contribution >= 0.6 is 0 Å². The van der Waals surface area contributed by atoms with Crippen molar-refractivity contribution in [2.24, 2.45) is 5.10 Å². The maximum Gasteiger partial charge on any atom is 0.245 e. The summed E-state index contributed by atoms with van der Waals surface area (Å²) in [6.07, 6.45) is 2.59. The van der Waals surface area contributed by atoms with E-state index in [1.807, 2.05) is 11.0 Å². The highest BCUT2D eigenvalue weighted by Gasteiger charge is 2.17. The molecule has 1 aromatic heterocycles. The standard InChI is InChI=1S/C19H25FN6O2/c1-3-25(4-2)15-6-5-14(17(27)11-15)12-22-24-19-21-13-16(20)18(23-19)26-7-9-28-10-8-26/h5-6,11-13,27H,3-4,7-10H2,1-2H3,(H,21,23,24)/b22-12+. The molecule has 1 aliphatic heterocycles. The number of ether oxygens (including phenoxy) is 1. The lowest BCUT2D eigenvalue weighted by molar-refractivity contribution is 0.122. The van der Waals surface area contributed by atoms with Gasteiger partial charge in [0.1, 0.15) is 5.75 Å². The zero-order valence-corrected chi connectivity index (χ0v) is 16.1. The average molecular weight is 388 g/mol. The van der Waals surface area contributed by atoms with Crippen molar-refractivity contribution in [1.82, 2.24) is 9.97 Å². The summed E-state index contributed by atoms with van der Waals surface area (Å²) in [5.41, 5.74) is 4.19. The van der Waals surface area contributed by atoms with Crippen LogP contribution in [0, 0.1) is 5.82 Å². The Kier molecular flexibility index (Phi) is 6.59. The highest BCUT2D eigenvalue weighted by Crippen LogP contribution is 2.24. The number of phenols is 1. The molecule has 0 spiro atoms. The van der Waals surface area contributed by atoms with E-state index in [2.05, 4.69) is 39.2 Å². The molecular weight excluding hydrogens is 363 g/mol. The third-order valence-electron chi connectivity index (χ3n) is 4.55. The van der Waals surface area contributed by atoms with Crippen LogP contribution in [-0.4, -0.2) is 60.7 Å². The van der Waals surface area contributed by atoms with Crippen molar-refractivity contribution < 1.29 is 14.2 Å². The van der Waals surface area contributed by atoms with E-state index in [1.165, 1.54) is 6.21 Å². The van der Waals surface area contributed by atoms with Crippen LogP contribution in [0.1, 0.15) is 19.4 Å². The van der Waals surface area contributed by atoms with Gasteiger partial charge in [0.15, 0.2) is 11.6 Å². The van der Waals surface area contributed by atoms with Gasteiger partial charge in [-0.15, -0.1) is 0 Å². The van der Waals surface area contributed by atoms with Crippen molar-refractivity contribution >= 4 is 23.7 Å². The lowest BCUT2D eigenvalue weighted by atomic mass is 10.2. The molecule has 0 aliphatic carbocycles. The maximum absolute atomic E-state index is 14.0. The van der Waals surface area contributed by atoms with Crippen molar-refractivity contribution in [3.05, 3.63) is 35.8 Å². The molecule has 1 fully saturated rings. The first-order chi connectivity index (χ1) is 13.6. The monoisotopic (exact) mass is 388 g/mol. The molecule has 2 N–H and O–H groups in total. The summed E-state index contributed by atoms with van der Waals surface area (Å²) in [5.74, 6) is 0.0471. The Morgan fingerprint density at radius 3 is 2.75 bits per heavy atom. The minimum absolute atomic E-state index is 0.129. The Morgan fingerprint density at radius 1 is 1.32 bits per heavy atom. The van der Waals surface area contributed by atoms with Gasteiger partial charge >= 0.3 is 0 Å². The molecule has 1 aromatic carbocycles. The Morgan fingerprint density at radius 2 is 2.07 bits per heavy atom. The van der Waals surface area contributed by atoms with Crippen LogP contribution in [0.15, 0.2) is 29.5 Å². The van der Waals surface area contributed by atoms with Crippen LogP contribution in [0.4, 0.5) is 21.8 Å². The highest BCUT2D eigenvalue weighted by atomic mass is 19.1. The van der Waals surface area contributed by atoms with Crippen molar-refractivity contribution in [3.63, 3.8) is 0 Å². The van der Waals surface area contributed by atoms with Gasteiger partial charge in [0.2, 0.25) is 5.95 Å². The summed E-state index contributed by atoms with van der Waals surface area (Å²) in [6.45, 7) is 8.06. The summed E-state index contributed by atoms with van der Waals surface area (Å²) in [6, 6.07) is 5.43. The molecule has 3 rings (SSSR count). The number of aromatic nitrogens is 2. The molecule has 0 saturated carbocycles. The van der Waals surface area contributed by atoms with Crippen molar-refractivity contribution in [2.45, 2.75) is 13.8 Å². The first kappa shape index (κ1) is 19.8. The normalized spacial score (nSPS) is 14.5. The van der Waals surface area contributed by atoms with E-state index in [4.69, 9.17) is 4.74 Å². The van der Waals surface area contributed by atoms with Crippen molar-refractivity contribution in [3.8, 4) is 5.75 Å². The molecule has 9 heteroatoms. The molecule has 28 heavy (non-hydrogen) atoms. The quantitative estimate of drug-likeness (QED) is 0.557. The second-order valence-corrected chi connectivity index (χ2v) is 6.25. The minimum Gasteiger partial charge on any atom is -0.507 e. The predicted molar refractivity (Wildman–Crippen MR) is 108 cm³/mol. The van der Waals surface area contributed by atoms with Gasteiger partial charge in [-0.2, -0.15) is 10.1 Å². The number of aromatic hydroxyl groups is 1. The van der Waals surface area contributed by atoms with Gasteiger partial charge in [-0.05, 0) is 26.0 Å². The second-order valence-electron chi connectivity index (χ2n) is 6.25. The molecule has 0 unspecified atom stereocenters. The first-order valence-electron chi connectivity index (χ1n) is 9.34. The maximum atomic E-state index is 14.0. The van der Waals surface area contributed by atoms with E-state index in [0.717, 1.165) is 25.0 Å². The van der Waals surface area contributed by atoms with Gasteiger partial charge < -0.3 is 19.6 Å². The van der Waals surface area contributed by atoms with E-state index in [0.29, 0.717) is 31.9 Å². The summed E-state index contributed by atoms with van der Waals surface area (Å²) in [5, 5.41) is 14.3. The average Bonchev–Trinajstić information content (AvgIpc) is 2.72. The van der Waals surface area contributed by atoms with Crippen LogP contribution < -0.4 is 15.2 Å². The van der Waals surface area contributed by atoms with Gasteiger partial charge in [-0.25, -0.2) is 14.8 Å². The van der Waals surface area contributed by atoms with Crippen LogP contribution in [-0.2, 0) is 4.74 Å². The first-order valence-corrected chi connectivity index (χ1v) is 9.34. The number of halogens is 1. The molecule has 2 aromatic rings. The van der Waals surface area contributed by atoms with E-state index in [-0.39, 0.29) is 17.5 Å². The number of hydrogen-bond donors (Lipinski definition) is 2. The van der Waals surface area contributed by atoms with Crippen LogP contribution in [0.3, 0.4) is 0 Å². The highest BCUT2D eigenvalue weighted by molar-refractivity contribution is 5.84. The molecule has 150 valence electrons. The Labute approximate surface area is 163 Å². The van der Waals surface area contributed by atoms with Crippen molar-refractivity contribution in [1.29, 1.82) is 0 Å². The van der Waals surface area contributed by atoms with Crippen LogP contribution in [0.5, 0.6) is 5.75 Å². The van der Waals surface area contributed by atoms with Crippen LogP contribution in [0.2, 0.25) is 0 Å². The van der Waals surface area contributed by atoms with Crippen molar-refractivity contribution in [2.75, 3.05) is 54.6 Å². The molecular formula is C19H25FN6O2. The molecule has 0 radical (unpaired) electrons. The Bertz CT molecular complexity index is 822. The fraction of sp³-hybridized carbons (Fsp3) is 0.421. The summed E-state index contributed by atoms with van der Waals surface area (Å²) < 4.78 is 19.3. The molecule has 0 bridgehead atoms. The van der Waals surface area contributed by atoms with Gasteiger partial charge in [0.25, 0.3) is 0 Å². The lowest BCUT2D eigenvalue weighted by Gasteiger charge is -2.27. The minimum atomic E-state index is -0.485. The third-order valence-corrected chi connectivity index (χ3v) is 4.55. The summed E-state index contributed by atoms with van der Waals surface area (Å²) in [4.78, 5) is 12.1. The van der Waals surface area contributed by atoms with E-state index < -0.39 is 5.82 Å². The van der Waals surface area contributed by atoms with E-state index >= 15 is 0 Å². The fourth-order valence-electron chi connectivity index (χ4n) is 3.00. The predicted octanol–water partition coefficient (Wildman–Crippen LogP) is 2.45. The largest absolute Gasteiger partial charge is 0.507 e. The number of hydrazone groups is 1. The van der Waals surface area contributed by atoms with E-state index in [1.54, 1.807) is 12.1 Å². The van der Waals surface area contributed by atoms with Gasteiger partial charge in [-0.3, -0.25) is 0 Å². The van der Waals surface area contributed by atoms with Crippen LogP contribution in [0.25, 0.3) is 0 Å². The van der Waals surface area contributed by atoms with E-state index in [9.17, 15) is 9.50 Å². The number of rotatable bonds is 7. The lowest BCUT2D eigenvalue weighted by Crippen LogP contribution is -2.37. The number of nitrogens with one attached hydrogen (secondary N) is 1. The summed E-state index contributed by atoms with van der Waals surface area (Å²) in [7, 11) is 0. The number of hydrogen-bond acceptors (Lipinski definition) is 8. The molecule has 0 atom stereocenters. The fourth-order valence-corrected chi connectivity index (χ4v) is 3.00. The number of phenolic OH excluding ortho intramolecular Hbond substituents is 1. The topological polar surface area (TPSA) is 86.1 Å². The molecule has 0 amide bonds. The van der Waals surface area contributed by atoms with Gasteiger partial charge in [0.05, 0.1) is 25.6 Å². The SMILES string of the molecule is CCN(CC)c1ccc(/C=N/Nc2ncc(F)c(N3CCOCC3)n2)c(O)c1. The Hall–Kier alpha value is -2.94. The third kappa shape index (κ3) is 4.66. The number of morpholine rings is 1. The number of benzene rings is 1. The number of nitrogens with zero attached hydrogens (tertiary/aromatic N) is 5.